The number of pyridine rings is 5. The summed E-state index contributed by atoms with van der Waals surface area (Å²) >= 11 is 1.54. The van der Waals surface area contributed by atoms with Crippen LogP contribution in [0.4, 0.5) is 5.69 Å². The topological polar surface area (TPSA) is 148 Å². The molecule has 7 aromatic carbocycles. The summed E-state index contributed by atoms with van der Waals surface area (Å²) in [6.45, 7) is 16.3. The van der Waals surface area contributed by atoms with Crippen LogP contribution in [-0.4, -0.2) is 53.9 Å². The fourth-order valence-electron chi connectivity index (χ4n) is 11.1. The van der Waals surface area contributed by atoms with Gasteiger partial charge >= 0.3 is 25.7 Å². The summed E-state index contributed by atoms with van der Waals surface area (Å²) in [5.74, 6) is -0.0625. The van der Waals surface area contributed by atoms with Crippen LogP contribution < -0.4 is 10.5 Å². The minimum atomic E-state index is -0.300. The van der Waals surface area contributed by atoms with Crippen LogP contribution in [0.5, 0.6) is 0 Å². The summed E-state index contributed by atoms with van der Waals surface area (Å²) in [6, 6.07) is 94.6. The number of rotatable bonds is 7. The third-order valence-corrected chi connectivity index (χ3v) is 17.2. The maximum Gasteiger partial charge on any atom is 3.00 e. The zero-order chi connectivity index (χ0) is 69.4. The Balaban J connectivity index is 0.000000176. The van der Waals surface area contributed by atoms with Crippen LogP contribution in [0, 0.1) is 37.3 Å². The van der Waals surface area contributed by atoms with Crippen LogP contribution in [0.3, 0.4) is 0 Å². The molecule has 0 saturated heterocycles. The van der Waals surface area contributed by atoms with E-state index in [0.717, 1.165) is 108 Å². The van der Waals surface area contributed by atoms with Gasteiger partial charge in [-0.2, -0.15) is 0 Å². The number of carbonyl (C=O) groups is 1. The van der Waals surface area contributed by atoms with E-state index in [4.69, 9.17) is 14.5 Å². The number of benzene rings is 7. The fraction of sp³-hybridized carbons (Fsp3) is 0.149. The van der Waals surface area contributed by atoms with Crippen LogP contribution >= 0.6 is 11.3 Å². The summed E-state index contributed by atoms with van der Waals surface area (Å²) in [7, 11) is 0. The molecule has 0 spiro atoms. The van der Waals surface area contributed by atoms with Gasteiger partial charge in [-0.25, -0.2) is 9.78 Å². The van der Waals surface area contributed by atoms with Crippen molar-refractivity contribution in [3.8, 4) is 66.9 Å². The van der Waals surface area contributed by atoms with Gasteiger partial charge in [0.25, 0.3) is 0 Å². The molecule has 7 aromatic heterocycles. The van der Waals surface area contributed by atoms with E-state index in [1.165, 1.54) is 42.3 Å². The van der Waals surface area contributed by atoms with E-state index in [2.05, 4.69) is 107 Å². The number of aliphatic hydroxyl groups excluding tert-OH is 1. The quantitative estimate of drug-likeness (QED) is 0.0703. The molecule has 1 N–H and O–H groups in total. The zero-order valence-electron chi connectivity index (χ0n) is 57.6. The fourth-order valence-corrected chi connectivity index (χ4v) is 12.1. The number of ketones is 1. The minimum absolute atomic E-state index is 0. The molecule has 15 heteroatoms. The Morgan fingerprint density at radius 2 is 0.912 bits per heavy atom. The number of fused-ring (bicyclic) bond motifs is 3. The average molecular weight is 1890 g/mol. The maximum atomic E-state index is 13.2. The summed E-state index contributed by atoms with van der Waals surface area (Å²) in [5, 5.41) is 10.1. The Bertz CT molecular complexity index is 4440. The van der Waals surface area contributed by atoms with E-state index >= 15 is 0 Å². The third-order valence-electron chi connectivity index (χ3n) is 16.2. The largest absolute Gasteiger partial charge is 3.00 e. The second-order valence-corrected chi connectivity index (χ2v) is 25.6. The van der Waals surface area contributed by atoms with E-state index in [1.807, 2.05) is 237 Å². The molecule has 0 bridgehead atoms. The first-order valence-corrected chi connectivity index (χ1v) is 33.5. The van der Waals surface area contributed by atoms with Crippen molar-refractivity contribution in [3.63, 3.8) is 0 Å². The monoisotopic (exact) mass is 1890 g/mol. The van der Waals surface area contributed by atoms with Crippen molar-refractivity contribution in [2.75, 3.05) is 18.0 Å². The van der Waals surface area contributed by atoms with Gasteiger partial charge in [0.1, 0.15) is 10.6 Å². The Hall–Kier alpha value is -9.65. The van der Waals surface area contributed by atoms with E-state index in [9.17, 15) is 9.59 Å². The number of aliphatic hydroxyl groups is 1. The summed E-state index contributed by atoms with van der Waals surface area (Å²) < 4.78 is 7.18. The molecule has 14 aromatic rings. The average Bonchev–Trinajstić information content (AvgIpc) is 0.755. The van der Waals surface area contributed by atoms with Crippen molar-refractivity contribution in [2.24, 2.45) is 0 Å². The smallest absolute Gasteiger partial charge is 0.512 e. The summed E-state index contributed by atoms with van der Waals surface area (Å²) in [4.78, 5) is 51.6. The standard InChI is InChI=1S/C26H26N2O2S.C12H10N.4C11H8N.C5H8O2.3Ir/c1-25(2)9-11-28-12-10-26(3,4)20-21(28)17(25)14-15-13-16(24(29)30-22(15)20)23-27-18-7-5-6-8-19(18)31-23;1-10-7-8-13-12(9-10)11-5-3-2-4-6-11;4*1-2-6-10(7-3-1)11-8-4-5-9-12-11;1-4(6)3-5(2)7;;;/h5-8,13-14H,9-12H2,1-4H3;2-5,7-9H,1H3;4*1-6,8-9H;3,6H,1-2H3;;;/q;5*-1;;;;+3. The normalized spacial score (nSPS) is 12.4. The van der Waals surface area contributed by atoms with E-state index in [1.54, 1.807) is 36.1 Å². The number of anilines is 1. The van der Waals surface area contributed by atoms with Crippen molar-refractivity contribution >= 4 is 44.0 Å². The molecule has 9 heterocycles. The number of hydrogen-bond donors (Lipinski definition) is 1. The summed E-state index contributed by atoms with van der Waals surface area (Å²) in [6.07, 6.45) is 12.3. The van der Waals surface area contributed by atoms with Crippen LogP contribution in [-0.2, 0) is 75.9 Å². The molecule has 0 unspecified atom stereocenters. The van der Waals surface area contributed by atoms with Crippen LogP contribution in [0.2, 0.25) is 0 Å². The molecule has 0 fully saturated rings. The Kier molecular flexibility index (Phi) is 30.9. The Labute approximate surface area is 643 Å². The van der Waals surface area contributed by atoms with E-state index in [-0.39, 0.29) is 88.3 Å². The molecule has 102 heavy (non-hydrogen) atoms. The first kappa shape index (κ1) is 79.7. The van der Waals surface area contributed by atoms with Crippen LogP contribution in [0.25, 0.3) is 88.0 Å². The second-order valence-electron chi connectivity index (χ2n) is 24.6. The van der Waals surface area contributed by atoms with Gasteiger partial charge in [0.2, 0.25) is 0 Å². The SMILES string of the molecule is CC(=O)C=C(C)O.CC1(C)CCN2CCC(C)(C)c3c2c1cc1cc(-c2nc4ccccc4s2)c(=O)oc31.Cc1ccnc(-c2[c-]cccc2)c1.[Ir+3].[Ir].[Ir].[c-]1ccccc1-c1ccccn1.[c-]1ccccc1-c1ccccn1.[c-]1ccccc1-c1ccccn1.[c-]1ccccc1-c1ccccn1. The zero-order valence-corrected chi connectivity index (χ0v) is 65.6. The number of allylic oxidation sites excluding steroid dienone is 2. The molecule has 0 atom stereocenters. The van der Waals surface area contributed by atoms with Crippen molar-refractivity contribution in [3.05, 3.63) is 343 Å². The molecule has 2 aliphatic rings. The van der Waals surface area contributed by atoms with E-state index in [0.29, 0.717) is 5.56 Å². The Morgan fingerprint density at radius 1 is 0.510 bits per heavy atom. The van der Waals surface area contributed by atoms with Crippen molar-refractivity contribution < 1.29 is 74.6 Å². The van der Waals surface area contributed by atoms with Crippen molar-refractivity contribution in [2.45, 2.75) is 72.1 Å². The molecule has 16 rings (SSSR count). The van der Waals surface area contributed by atoms with Crippen molar-refractivity contribution in [1.82, 2.24) is 29.9 Å². The van der Waals surface area contributed by atoms with Gasteiger partial charge < -0.3 is 39.3 Å². The first-order valence-electron chi connectivity index (χ1n) is 32.7. The number of aromatic nitrogens is 6. The number of aryl methyl sites for hydroxylation is 1. The van der Waals surface area contributed by atoms with Gasteiger partial charge in [0.05, 0.1) is 21.5 Å². The molecule has 2 radical (unpaired) electrons. The van der Waals surface area contributed by atoms with E-state index < -0.39 is 0 Å². The van der Waals surface area contributed by atoms with Gasteiger partial charge in [0, 0.05) is 107 Å². The molecule has 11 nitrogen and oxygen atoms in total. The van der Waals surface area contributed by atoms with Crippen molar-refractivity contribution in [1.29, 1.82) is 0 Å². The maximum absolute atomic E-state index is 13.2. The first-order chi connectivity index (χ1) is 48.1. The molecular weight excluding hydrogens is 1820 g/mol. The predicted octanol–water partition coefficient (Wildman–Crippen LogP) is 20.3. The van der Waals surface area contributed by atoms with Crippen LogP contribution in [0.15, 0.2) is 295 Å². The van der Waals surface area contributed by atoms with Crippen LogP contribution in [0.1, 0.15) is 71.1 Å². The van der Waals surface area contributed by atoms with Gasteiger partial charge in [-0.3, -0.25) is 4.79 Å². The molecule has 0 saturated carbocycles. The van der Waals surface area contributed by atoms with Gasteiger partial charge in [0.15, 0.2) is 5.78 Å². The summed E-state index contributed by atoms with van der Waals surface area (Å²) in [5.41, 5.74) is 17.1. The molecular formula is C87H76Ir3N7O4S-2. The predicted molar refractivity (Wildman–Crippen MR) is 403 cm³/mol. The molecule has 2 aliphatic heterocycles. The third kappa shape index (κ3) is 22.4. The molecule has 0 aliphatic carbocycles. The minimum Gasteiger partial charge on any atom is -0.512 e. The number of carbonyl (C=O) groups excluding carboxylic acids is 1. The van der Waals surface area contributed by atoms with Gasteiger partial charge in [-0.1, -0.05) is 100.0 Å². The number of thiazole rings is 1. The molecule has 0 amide bonds. The Morgan fingerprint density at radius 3 is 1.28 bits per heavy atom. The van der Waals surface area contributed by atoms with Gasteiger partial charge in [-0.05, 0) is 133 Å². The van der Waals surface area contributed by atoms with Gasteiger partial charge in [-0.15, -0.1) is 191 Å². The number of nitrogens with zero attached hydrogens (tertiary/aromatic N) is 7. The molecule has 518 valence electrons. The number of hydrogen-bond acceptors (Lipinski definition) is 12. The number of para-hydroxylation sites is 1. The second kappa shape index (κ2) is 39.5.